The molecular formula is C21H25FN2O4. The average Bonchev–Trinajstić information content (AvgIpc) is 3.14. The highest BCUT2D eigenvalue weighted by molar-refractivity contribution is 5.99. The molecule has 1 atom stereocenters. The number of amides is 2. The number of carbonyl (C=O) groups excluding carboxylic acids is 2. The van der Waals surface area contributed by atoms with E-state index in [9.17, 15) is 19.1 Å². The van der Waals surface area contributed by atoms with Gasteiger partial charge in [-0.2, -0.15) is 0 Å². The molecule has 2 aromatic rings. The number of benzene rings is 1. The van der Waals surface area contributed by atoms with Gasteiger partial charge in [0, 0.05) is 25.1 Å². The van der Waals surface area contributed by atoms with Crippen LogP contribution in [0.3, 0.4) is 0 Å². The Bertz CT molecular complexity index is 856. The minimum absolute atomic E-state index is 0.0324. The highest BCUT2D eigenvalue weighted by Gasteiger charge is 2.28. The Morgan fingerprint density at radius 1 is 1.18 bits per heavy atom. The number of hydrogen-bond donors (Lipinski definition) is 3. The molecule has 0 unspecified atom stereocenters. The van der Waals surface area contributed by atoms with Gasteiger partial charge in [-0.25, -0.2) is 4.39 Å². The van der Waals surface area contributed by atoms with Crippen molar-refractivity contribution in [1.82, 2.24) is 10.6 Å². The predicted molar refractivity (Wildman–Crippen MR) is 102 cm³/mol. The highest BCUT2D eigenvalue weighted by Crippen LogP contribution is 2.30. The molecule has 0 saturated heterocycles. The second-order valence-corrected chi connectivity index (χ2v) is 7.22. The molecule has 28 heavy (non-hydrogen) atoms. The number of nitrogens with one attached hydrogen (secondary N) is 2. The molecule has 1 aliphatic carbocycles. The van der Waals surface area contributed by atoms with E-state index in [0.29, 0.717) is 37.0 Å². The molecule has 2 amide bonds. The number of aliphatic hydroxyl groups excluding tert-OH is 1. The zero-order valence-corrected chi connectivity index (χ0v) is 16.0. The monoisotopic (exact) mass is 388 g/mol. The Balaban J connectivity index is 1.89. The van der Waals surface area contributed by atoms with Gasteiger partial charge in [0.2, 0.25) is 0 Å². The van der Waals surface area contributed by atoms with Crippen molar-refractivity contribution in [3.63, 3.8) is 0 Å². The van der Waals surface area contributed by atoms with Crippen molar-refractivity contribution in [2.45, 2.75) is 50.7 Å². The van der Waals surface area contributed by atoms with E-state index in [2.05, 4.69) is 10.6 Å². The number of aliphatic hydroxyl groups is 1. The summed E-state index contributed by atoms with van der Waals surface area (Å²) >= 11 is 0. The van der Waals surface area contributed by atoms with Gasteiger partial charge in [0.1, 0.15) is 11.6 Å². The summed E-state index contributed by atoms with van der Waals surface area (Å²) < 4.78 is 19.4. The molecule has 1 aromatic carbocycles. The molecule has 6 nitrogen and oxygen atoms in total. The van der Waals surface area contributed by atoms with Crippen molar-refractivity contribution in [3.05, 3.63) is 58.8 Å². The summed E-state index contributed by atoms with van der Waals surface area (Å²) in [6.07, 6.45) is 2.37. The SMILES string of the molecule is CNC(=O)c1cc(C(=O)NC2CCC(O)CC2)c([C@H](C)c2cccc(F)c2)o1. The average molecular weight is 388 g/mol. The van der Waals surface area contributed by atoms with E-state index in [4.69, 9.17) is 4.42 Å². The zero-order valence-electron chi connectivity index (χ0n) is 16.0. The van der Waals surface area contributed by atoms with Crippen LogP contribution in [0.1, 0.15) is 70.8 Å². The molecule has 0 aliphatic heterocycles. The topological polar surface area (TPSA) is 91.6 Å². The minimum atomic E-state index is -0.437. The van der Waals surface area contributed by atoms with Crippen LogP contribution in [-0.4, -0.2) is 36.1 Å². The summed E-state index contributed by atoms with van der Waals surface area (Å²) in [5.74, 6) is -1.22. The highest BCUT2D eigenvalue weighted by atomic mass is 19.1. The molecular weight excluding hydrogens is 363 g/mol. The molecule has 1 heterocycles. The van der Waals surface area contributed by atoms with E-state index in [1.165, 1.54) is 25.2 Å². The van der Waals surface area contributed by atoms with Crippen LogP contribution in [0.25, 0.3) is 0 Å². The third kappa shape index (κ3) is 4.42. The van der Waals surface area contributed by atoms with Crippen molar-refractivity contribution >= 4 is 11.8 Å². The summed E-state index contributed by atoms with van der Waals surface area (Å²) in [4.78, 5) is 24.9. The molecule has 3 rings (SSSR count). The number of furan rings is 1. The fraction of sp³-hybridized carbons (Fsp3) is 0.429. The summed E-state index contributed by atoms with van der Waals surface area (Å²) in [5.41, 5.74) is 0.911. The smallest absolute Gasteiger partial charge is 0.286 e. The van der Waals surface area contributed by atoms with Crippen LogP contribution in [0, 0.1) is 5.82 Å². The van der Waals surface area contributed by atoms with E-state index in [1.807, 2.05) is 0 Å². The standard InChI is InChI=1S/C21H25FN2O4/c1-12(13-4-3-5-14(22)10-13)19-17(11-18(28-19)21(27)23-2)20(26)24-15-6-8-16(25)9-7-15/h3-5,10-12,15-16,25H,6-9H2,1-2H3,(H,23,27)(H,24,26)/t12-,15?,16?/m1/s1. The Hall–Kier alpha value is -2.67. The molecule has 0 spiro atoms. The van der Waals surface area contributed by atoms with Crippen LogP contribution in [0.15, 0.2) is 34.7 Å². The number of halogens is 1. The van der Waals surface area contributed by atoms with Gasteiger partial charge in [-0.1, -0.05) is 19.1 Å². The van der Waals surface area contributed by atoms with Crippen molar-refractivity contribution in [1.29, 1.82) is 0 Å². The lowest BCUT2D eigenvalue weighted by atomic mass is 9.92. The van der Waals surface area contributed by atoms with Crippen LogP contribution < -0.4 is 10.6 Å². The van der Waals surface area contributed by atoms with Crippen LogP contribution in [0.4, 0.5) is 4.39 Å². The van der Waals surface area contributed by atoms with Gasteiger partial charge in [0.05, 0.1) is 11.7 Å². The normalized spacial score (nSPS) is 20.4. The van der Waals surface area contributed by atoms with Gasteiger partial charge < -0.3 is 20.2 Å². The summed E-state index contributed by atoms with van der Waals surface area (Å²) in [6, 6.07) is 7.47. The van der Waals surface area contributed by atoms with Gasteiger partial charge in [0.15, 0.2) is 5.76 Å². The maximum Gasteiger partial charge on any atom is 0.286 e. The first-order valence-corrected chi connectivity index (χ1v) is 9.49. The maximum absolute atomic E-state index is 13.6. The fourth-order valence-electron chi connectivity index (χ4n) is 3.55. The van der Waals surface area contributed by atoms with Crippen LogP contribution >= 0.6 is 0 Å². The van der Waals surface area contributed by atoms with Gasteiger partial charge in [0.25, 0.3) is 11.8 Å². The molecule has 3 N–H and O–H groups in total. The summed E-state index contributed by atoms with van der Waals surface area (Å²) in [5, 5.41) is 15.1. The van der Waals surface area contributed by atoms with E-state index in [1.54, 1.807) is 19.1 Å². The van der Waals surface area contributed by atoms with Crippen molar-refractivity contribution < 1.29 is 23.5 Å². The zero-order chi connectivity index (χ0) is 20.3. The Kier molecular flexibility index (Phi) is 6.14. The first-order chi connectivity index (χ1) is 13.4. The molecule has 0 radical (unpaired) electrons. The first kappa shape index (κ1) is 20.1. The van der Waals surface area contributed by atoms with Crippen LogP contribution in [0.2, 0.25) is 0 Å². The second kappa shape index (κ2) is 8.56. The molecule has 1 saturated carbocycles. The third-order valence-corrected chi connectivity index (χ3v) is 5.23. The van der Waals surface area contributed by atoms with Crippen molar-refractivity contribution in [2.75, 3.05) is 7.05 Å². The van der Waals surface area contributed by atoms with Gasteiger partial charge >= 0.3 is 0 Å². The fourth-order valence-corrected chi connectivity index (χ4v) is 3.55. The van der Waals surface area contributed by atoms with Crippen molar-refractivity contribution in [2.24, 2.45) is 0 Å². The molecule has 150 valence electrons. The summed E-state index contributed by atoms with van der Waals surface area (Å²) in [7, 11) is 1.48. The Morgan fingerprint density at radius 3 is 2.54 bits per heavy atom. The lowest BCUT2D eigenvalue weighted by molar-refractivity contribution is 0.0864. The van der Waals surface area contributed by atoms with Gasteiger partial charge in [-0.05, 0) is 43.4 Å². The van der Waals surface area contributed by atoms with E-state index in [0.717, 1.165) is 0 Å². The van der Waals surface area contributed by atoms with Crippen molar-refractivity contribution in [3.8, 4) is 0 Å². The molecule has 7 heteroatoms. The largest absolute Gasteiger partial charge is 0.454 e. The van der Waals surface area contributed by atoms with Gasteiger partial charge in [-0.15, -0.1) is 0 Å². The Morgan fingerprint density at radius 2 is 1.89 bits per heavy atom. The Labute approximate surface area is 163 Å². The van der Waals surface area contributed by atoms with E-state index in [-0.39, 0.29) is 35.2 Å². The van der Waals surface area contributed by atoms with Crippen LogP contribution in [0.5, 0.6) is 0 Å². The predicted octanol–water partition coefficient (Wildman–Crippen LogP) is 2.96. The lowest BCUT2D eigenvalue weighted by Crippen LogP contribution is -2.38. The minimum Gasteiger partial charge on any atom is -0.454 e. The molecule has 0 bridgehead atoms. The molecule has 1 aromatic heterocycles. The van der Waals surface area contributed by atoms with Gasteiger partial charge in [-0.3, -0.25) is 9.59 Å². The number of hydrogen-bond acceptors (Lipinski definition) is 4. The lowest BCUT2D eigenvalue weighted by Gasteiger charge is -2.26. The number of rotatable bonds is 5. The van der Waals surface area contributed by atoms with E-state index < -0.39 is 11.8 Å². The summed E-state index contributed by atoms with van der Waals surface area (Å²) in [6.45, 7) is 1.80. The van der Waals surface area contributed by atoms with Crippen LogP contribution in [-0.2, 0) is 0 Å². The third-order valence-electron chi connectivity index (χ3n) is 5.23. The molecule has 1 aliphatic rings. The maximum atomic E-state index is 13.6. The second-order valence-electron chi connectivity index (χ2n) is 7.22. The van der Waals surface area contributed by atoms with E-state index >= 15 is 0 Å². The first-order valence-electron chi connectivity index (χ1n) is 9.49. The molecule has 1 fully saturated rings. The number of carbonyl (C=O) groups is 2. The quantitative estimate of drug-likeness (QED) is 0.734.